The van der Waals surface area contributed by atoms with Crippen molar-refractivity contribution >= 4 is 31.5 Å². The fourth-order valence-corrected chi connectivity index (χ4v) is 17.8. The summed E-state index contributed by atoms with van der Waals surface area (Å²) in [7, 11) is -2.30. The van der Waals surface area contributed by atoms with E-state index in [4.69, 9.17) is 13.9 Å². The van der Waals surface area contributed by atoms with Crippen LogP contribution in [0.25, 0.3) is 0 Å². The van der Waals surface area contributed by atoms with Crippen LogP contribution in [-0.4, -0.2) is 34.3 Å². The first-order chi connectivity index (χ1) is 22.1. The SMILES string of the molecule is COc1ccc(CO[C@H](CCO[Si](C(C)C)(C(C)C)C(C)C)[C@@H](C)C[P+](c2ccccc2)(c2ccccc2)c2ccccc2)cc1. The molecule has 0 N–H and O–H groups in total. The van der Waals surface area contributed by atoms with Crippen molar-refractivity contribution in [1.29, 1.82) is 0 Å². The summed E-state index contributed by atoms with van der Waals surface area (Å²) in [6.07, 6.45) is 1.92. The van der Waals surface area contributed by atoms with Gasteiger partial charge in [-0.1, -0.05) is 115 Å². The van der Waals surface area contributed by atoms with Crippen molar-refractivity contribution in [3.8, 4) is 5.75 Å². The summed E-state index contributed by atoms with van der Waals surface area (Å²) in [5.74, 6) is 1.15. The summed E-state index contributed by atoms with van der Waals surface area (Å²) < 4.78 is 19.4. The van der Waals surface area contributed by atoms with Gasteiger partial charge in [-0.05, 0) is 77.1 Å². The molecule has 0 spiro atoms. The summed E-state index contributed by atoms with van der Waals surface area (Å²) in [6.45, 7) is 17.9. The van der Waals surface area contributed by atoms with Crippen LogP contribution in [0.5, 0.6) is 5.75 Å². The average molecular weight is 656 g/mol. The lowest BCUT2D eigenvalue weighted by atomic mass is 10.0. The molecule has 0 saturated carbocycles. The lowest BCUT2D eigenvalue weighted by Gasteiger charge is -2.42. The predicted molar refractivity (Wildman–Crippen MR) is 202 cm³/mol. The molecule has 0 heterocycles. The Balaban J connectivity index is 1.71. The third-order valence-electron chi connectivity index (χ3n) is 9.87. The van der Waals surface area contributed by atoms with Crippen molar-refractivity contribution in [3.63, 3.8) is 0 Å². The molecule has 2 atom stereocenters. The van der Waals surface area contributed by atoms with Crippen molar-refractivity contribution in [2.75, 3.05) is 19.9 Å². The largest absolute Gasteiger partial charge is 0.497 e. The minimum Gasteiger partial charge on any atom is -0.497 e. The molecule has 246 valence electrons. The number of hydrogen-bond donors (Lipinski definition) is 0. The Morgan fingerprint density at radius 3 is 1.41 bits per heavy atom. The van der Waals surface area contributed by atoms with Gasteiger partial charge in [0.2, 0.25) is 0 Å². The van der Waals surface area contributed by atoms with Crippen LogP contribution in [0.4, 0.5) is 0 Å². The van der Waals surface area contributed by atoms with E-state index in [2.05, 4.69) is 152 Å². The van der Waals surface area contributed by atoms with E-state index in [1.165, 1.54) is 15.9 Å². The molecule has 0 bridgehead atoms. The molecule has 4 aromatic rings. The van der Waals surface area contributed by atoms with Gasteiger partial charge in [-0.2, -0.15) is 0 Å². The van der Waals surface area contributed by atoms with Crippen molar-refractivity contribution in [2.45, 2.75) is 84.2 Å². The van der Waals surface area contributed by atoms with Gasteiger partial charge in [0.15, 0.2) is 8.32 Å². The maximum Gasteiger partial charge on any atom is 0.200 e. The third kappa shape index (κ3) is 8.20. The Morgan fingerprint density at radius 2 is 1.02 bits per heavy atom. The zero-order chi connectivity index (χ0) is 33.2. The molecule has 0 saturated heterocycles. The van der Waals surface area contributed by atoms with Gasteiger partial charge in [0.1, 0.15) is 28.9 Å². The standard InChI is InChI=1S/C41H56O3PSi/c1-32(2)46(33(3)4,34(5)6)44-29-28-41(43-30-36-24-26-37(42-8)27-25-36)35(7)31-45(38-18-12-9-13-19-38,39-20-14-10-15-21-39)40-22-16-11-17-23-40/h9-27,32-35,41H,28-31H2,1-8H3/q+1/t35-,41+/m0/s1. The van der Waals surface area contributed by atoms with Crippen molar-refractivity contribution in [1.82, 2.24) is 0 Å². The van der Waals surface area contributed by atoms with Gasteiger partial charge in [-0.3, -0.25) is 0 Å². The van der Waals surface area contributed by atoms with Crippen molar-refractivity contribution < 1.29 is 13.9 Å². The highest BCUT2D eigenvalue weighted by Gasteiger charge is 2.48. The second kappa shape index (κ2) is 16.9. The van der Waals surface area contributed by atoms with Crippen LogP contribution in [0, 0.1) is 5.92 Å². The molecule has 5 heteroatoms. The van der Waals surface area contributed by atoms with Crippen LogP contribution in [-0.2, 0) is 15.8 Å². The monoisotopic (exact) mass is 655 g/mol. The molecular weight excluding hydrogens is 600 g/mol. The lowest BCUT2D eigenvalue weighted by Crippen LogP contribution is -2.48. The van der Waals surface area contributed by atoms with E-state index in [-0.39, 0.29) is 12.0 Å². The molecule has 0 fully saturated rings. The molecule has 46 heavy (non-hydrogen) atoms. The average Bonchev–Trinajstić information content (AvgIpc) is 3.07. The summed E-state index contributed by atoms with van der Waals surface area (Å²) >= 11 is 0. The van der Waals surface area contributed by atoms with E-state index in [0.717, 1.165) is 30.5 Å². The zero-order valence-electron chi connectivity index (χ0n) is 29.4. The van der Waals surface area contributed by atoms with Crippen LogP contribution in [0.15, 0.2) is 115 Å². The highest BCUT2D eigenvalue weighted by Crippen LogP contribution is 2.57. The van der Waals surface area contributed by atoms with Crippen LogP contribution in [0.1, 0.15) is 60.5 Å². The van der Waals surface area contributed by atoms with Gasteiger partial charge in [-0.15, -0.1) is 0 Å². The first-order valence-electron chi connectivity index (χ1n) is 17.1. The number of rotatable bonds is 17. The summed E-state index contributed by atoms with van der Waals surface area (Å²) in [4.78, 5) is 0. The highest BCUT2D eigenvalue weighted by molar-refractivity contribution is 7.95. The molecule has 0 aliphatic heterocycles. The van der Waals surface area contributed by atoms with E-state index < -0.39 is 15.6 Å². The van der Waals surface area contributed by atoms with Gasteiger partial charge in [0.05, 0.1) is 26.0 Å². The molecule has 4 rings (SSSR count). The first-order valence-corrected chi connectivity index (χ1v) is 21.2. The Kier molecular flexibility index (Phi) is 13.2. The summed E-state index contributed by atoms with van der Waals surface area (Å²) in [5, 5.41) is 4.24. The Bertz CT molecular complexity index is 1310. The smallest absolute Gasteiger partial charge is 0.200 e. The Morgan fingerprint density at radius 1 is 0.587 bits per heavy atom. The maximum absolute atomic E-state index is 7.11. The molecule has 3 nitrogen and oxygen atoms in total. The molecular formula is C41H56O3PSi+. The topological polar surface area (TPSA) is 27.7 Å². The van der Waals surface area contributed by atoms with E-state index >= 15 is 0 Å². The van der Waals surface area contributed by atoms with Gasteiger partial charge < -0.3 is 13.9 Å². The van der Waals surface area contributed by atoms with Crippen molar-refractivity contribution in [2.24, 2.45) is 5.92 Å². The number of methoxy groups -OCH3 is 1. The number of benzene rings is 4. The van der Waals surface area contributed by atoms with Crippen LogP contribution >= 0.6 is 7.26 Å². The Labute approximate surface area is 281 Å². The quantitative estimate of drug-likeness (QED) is 0.0837. The normalized spacial score (nSPS) is 13.7. The molecule has 4 aromatic carbocycles. The van der Waals surface area contributed by atoms with E-state index in [9.17, 15) is 0 Å². The minimum atomic E-state index is -2.01. The fraction of sp³-hybridized carbons (Fsp3) is 0.415. The highest BCUT2D eigenvalue weighted by atomic mass is 31.2. The third-order valence-corrected chi connectivity index (χ3v) is 20.7. The van der Waals surface area contributed by atoms with E-state index in [1.54, 1.807) is 7.11 Å². The van der Waals surface area contributed by atoms with Crippen LogP contribution in [0.3, 0.4) is 0 Å². The minimum absolute atomic E-state index is 0.0378. The first kappa shape index (κ1) is 36.1. The molecule has 0 amide bonds. The van der Waals surface area contributed by atoms with Crippen molar-refractivity contribution in [3.05, 3.63) is 121 Å². The summed E-state index contributed by atoms with van der Waals surface area (Å²) in [6, 6.07) is 41.8. The Hall–Kier alpha value is -2.75. The molecule has 0 aliphatic carbocycles. The lowest BCUT2D eigenvalue weighted by molar-refractivity contribution is -0.00246. The second-order valence-electron chi connectivity index (χ2n) is 13.6. The zero-order valence-corrected chi connectivity index (χ0v) is 31.3. The van der Waals surface area contributed by atoms with Gasteiger partial charge in [0, 0.05) is 12.5 Å². The molecule has 0 unspecified atom stereocenters. The van der Waals surface area contributed by atoms with Crippen LogP contribution < -0.4 is 20.7 Å². The van der Waals surface area contributed by atoms with E-state index in [0.29, 0.717) is 23.2 Å². The number of hydrogen-bond acceptors (Lipinski definition) is 3. The van der Waals surface area contributed by atoms with Gasteiger partial charge >= 0.3 is 0 Å². The second-order valence-corrected chi connectivity index (χ2v) is 22.6. The molecule has 0 aromatic heterocycles. The molecule has 0 radical (unpaired) electrons. The van der Waals surface area contributed by atoms with E-state index in [1.807, 2.05) is 12.1 Å². The maximum atomic E-state index is 7.11. The van der Waals surface area contributed by atoms with Crippen LogP contribution in [0.2, 0.25) is 16.6 Å². The fourth-order valence-electron chi connectivity index (χ4n) is 7.67. The summed E-state index contributed by atoms with van der Waals surface area (Å²) in [5.41, 5.74) is 2.81. The number of ether oxygens (including phenoxy) is 2. The van der Waals surface area contributed by atoms with Gasteiger partial charge in [0.25, 0.3) is 0 Å². The van der Waals surface area contributed by atoms with Gasteiger partial charge in [-0.25, -0.2) is 0 Å². The molecule has 0 aliphatic rings. The predicted octanol–water partition coefficient (Wildman–Crippen LogP) is 9.79.